The molecule has 0 spiro atoms. The van der Waals surface area contributed by atoms with E-state index in [2.05, 4.69) is 4.72 Å². The van der Waals surface area contributed by atoms with Crippen LogP contribution in [0.3, 0.4) is 0 Å². The average molecular weight is 343 g/mol. The van der Waals surface area contributed by atoms with Crippen molar-refractivity contribution >= 4 is 10.0 Å². The Bertz CT molecular complexity index is 748. The van der Waals surface area contributed by atoms with Crippen LogP contribution in [0.1, 0.15) is 39.0 Å². The van der Waals surface area contributed by atoms with Gasteiger partial charge in [0.15, 0.2) is 0 Å². The number of rotatable bonds is 5. The van der Waals surface area contributed by atoms with Crippen LogP contribution in [0, 0.1) is 5.92 Å². The van der Waals surface area contributed by atoms with Crippen LogP contribution in [-0.4, -0.2) is 14.5 Å². The van der Waals surface area contributed by atoms with Gasteiger partial charge in [-0.25, -0.2) is 13.1 Å². The maximum Gasteiger partial charge on any atom is 0.240 e. The molecule has 0 heterocycles. The van der Waals surface area contributed by atoms with Gasteiger partial charge < -0.3 is 0 Å². The van der Waals surface area contributed by atoms with Gasteiger partial charge in [-0.2, -0.15) is 0 Å². The summed E-state index contributed by atoms with van der Waals surface area (Å²) < 4.78 is 28.1. The lowest BCUT2D eigenvalue weighted by Gasteiger charge is -2.28. The first-order chi connectivity index (χ1) is 11.6. The Morgan fingerprint density at radius 3 is 2.08 bits per heavy atom. The minimum atomic E-state index is -3.46. The van der Waals surface area contributed by atoms with Crippen molar-refractivity contribution in [3.8, 4) is 11.1 Å². The second-order valence-electron chi connectivity index (χ2n) is 6.70. The number of hydrogen-bond donors (Lipinski definition) is 1. The Hall–Kier alpha value is -1.65. The van der Waals surface area contributed by atoms with E-state index < -0.39 is 10.0 Å². The van der Waals surface area contributed by atoms with Crippen molar-refractivity contribution in [2.75, 3.05) is 0 Å². The maximum absolute atomic E-state index is 12.6. The van der Waals surface area contributed by atoms with Gasteiger partial charge in [0.2, 0.25) is 10.0 Å². The Balaban J connectivity index is 1.72. The molecule has 0 radical (unpaired) electrons. The van der Waals surface area contributed by atoms with Gasteiger partial charge in [-0.05, 0) is 48.9 Å². The molecule has 0 amide bonds. The maximum atomic E-state index is 12.6. The van der Waals surface area contributed by atoms with Crippen LogP contribution < -0.4 is 4.72 Å². The van der Waals surface area contributed by atoms with Crippen molar-refractivity contribution in [1.29, 1.82) is 0 Å². The molecule has 4 heteroatoms. The van der Waals surface area contributed by atoms with Gasteiger partial charge >= 0.3 is 0 Å². The molecule has 24 heavy (non-hydrogen) atoms. The predicted molar refractivity (Wildman–Crippen MR) is 98.2 cm³/mol. The summed E-state index contributed by atoms with van der Waals surface area (Å²) >= 11 is 0. The molecule has 1 N–H and O–H groups in total. The summed E-state index contributed by atoms with van der Waals surface area (Å²) in [6, 6.07) is 17.1. The van der Waals surface area contributed by atoms with Crippen LogP contribution in [0.2, 0.25) is 0 Å². The molecular weight excluding hydrogens is 318 g/mol. The highest BCUT2D eigenvalue weighted by molar-refractivity contribution is 7.89. The van der Waals surface area contributed by atoms with Crippen molar-refractivity contribution < 1.29 is 8.42 Å². The molecule has 2 aromatic carbocycles. The van der Waals surface area contributed by atoms with Crippen molar-refractivity contribution in [2.24, 2.45) is 5.92 Å². The predicted octanol–water partition coefficient (Wildman–Crippen LogP) is 4.60. The molecule has 2 aromatic rings. The second-order valence-corrected chi connectivity index (χ2v) is 8.41. The van der Waals surface area contributed by atoms with E-state index in [1.54, 1.807) is 12.1 Å². The van der Waals surface area contributed by atoms with Gasteiger partial charge in [0.05, 0.1) is 4.90 Å². The second kappa shape index (κ2) is 7.49. The molecule has 0 aromatic heterocycles. The normalized spacial score (nSPS) is 17.5. The zero-order valence-corrected chi connectivity index (χ0v) is 14.9. The van der Waals surface area contributed by atoms with E-state index in [9.17, 15) is 8.42 Å². The molecule has 0 aliphatic heterocycles. The molecule has 3 rings (SSSR count). The van der Waals surface area contributed by atoms with Gasteiger partial charge in [-0.15, -0.1) is 0 Å². The van der Waals surface area contributed by atoms with Crippen LogP contribution in [0.4, 0.5) is 0 Å². The van der Waals surface area contributed by atoms with E-state index in [1.807, 2.05) is 49.4 Å². The fourth-order valence-electron chi connectivity index (χ4n) is 3.50. The van der Waals surface area contributed by atoms with Crippen molar-refractivity contribution in [1.82, 2.24) is 4.72 Å². The zero-order valence-electron chi connectivity index (χ0n) is 14.1. The molecule has 1 fully saturated rings. The molecule has 0 bridgehead atoms. The molecule has 1 saturated carbocycles. The van der Waals surface area contributed by atoms with E-state index >= 15 is 0 Å². The lowest BCUT2D eigenvalue weighted by Crippen LogP contribution is -2.38. The van der Waals surface area contributed by atoms with Gasteiger partial charge in [0.1, 0.15) is 0 Å². The Morgan fingerprint density at radius 2 is 1.46 bits per heavy atom. The van der Waals surface area contributed by atoms with Crippen molar-refractivity contribution in [3.63, 3.8) is 0 Å². The largest absolute Gasteiger partial charge is 0.240 e. The minimum absolute atomic E-state index is 0.0101. The lowest BCUT2D eigenvalue weighted by atomic mass is 9.85. The van der Waals surface area contributed by atoms with E-state index in [-0.39, 0.29) is 6.04 Å². The molecule has 1 atom stereocenters. The first kappa shape index (κ1) is 17.2. The third-order valence-corrected chi connectivity index (χ3v) is 6.54. The fourth-order valence-corrected chi connectivity index (χ4v) is 4.81. The van der Waals surface area contributed by atoms with Gasteiger partial charge in [0.25, 0.3) is 0 Å². The van der Waals surface area contributed by atoms with E-state index in [4.69, 9.17) is 0 Å². The summed E-state index contributed by atoms with van der Waals surface area (Å²) in [6.45, 7) is 1.99. The summed E-state index contributed by atoms with van der Waals surface area (Å²) in [5.74, 6) is 0.456. The van der Waals surface area contributed by atoms with Crippen LogP contribution in [0.25, 0.3) is 11.1 Å². The molecule has 1 aliphatic carbocycles. The summed E-state index contributed by atoms with van der Waals surface area (Å²) in [6.07, 6.45) is 5.94. The number of hydrogen-bond acceptors (Lipinski definition) is 2. The topological polar surface area (TPSA) is 46.2 Å². The van der Waals surface area contributed by atoms with Crippen LogP contribution in [0.5, 0.6) is 0 Å². The number of nitrogens with one attached hydrogen (secondary N) is 1. The Kier molecular flexibility index (Phi) is 5.36. The summed E-state index contributed by atoms with van der Waals surface area (Å²) in [5.41, 5.74) is 2.11. The summed E-state index contributed by atoms with van der Waals surface area (Å²) in [7, 11) is -3.46. The molecule has 3 nitrogen and oxygen atoms in total. The van der Waals surface area contributed by atoms with E-state index in [0.717, 1.165) is 24.0 Å². The smallest absolute Gasteiger partial charge is 0.208 e. The average Bonchev–Trinajstić information content (AvgIpc) is 2.63. The van der Waals surface area contributed by atoms with Crippen LogP contribution in [0.15, 0.2) is 59.5 Å². The van der Waals surface area contributed by atoms with Crippen LogP contribution >= 0.6 is 0 Å². The molecule has 1 unspecified atom stereocenters. The van der Waals surface area contributed by atoms with Gasteiger partial charge in [0, 0.05) is 6.04 Å². The zero-order chi connectivity index (χ0) is 17.0. The number of benzene rings is 2. The molecule has 1 aliphatic rings. The highest BCUT2D eigenvalue weighted by atomic mass is 32.2. The molecule has 128 valence electrons. The standard InChI is InChI=1S/C20H25NO2S/c1-16(17-8-4-2-5-9-17)21-24(22,23)20-14-12-19(13-15-20)18-10-6-3-7-11-18/h3,6-7,10-17,21H,2,4-5,8-9H2,1H3. The van der Waals surface area contributed by atoms with Gasteiger partial charge in [-0.1, -0.05) is 61.7 Å². The highest BCUT2D eigenvalue weighted by Gasteiger charge is 2.25. The van der Waals surface area contributed by atoms with Crippen LogP contribution in [-0.2, 0) is 10.0 Å². The summed E-state index contributed by atoms with van der Waals surface area (Å²) in [4.78, 5) is 0.338. The Morgan fingerprint density at radius 1 is 0.875 bits per heavy atom. The monoisotopic (exact) mass is 343 g/mol. The first-order valence-corrected chi connectivity index (χ1v) is 10.2. The highest BCUT2D eigenvalue weighted by Crippen LogP contribution is 2.27. The minimum Gasteiger partial charge on any atom is -0.208 e. The quantitative estimate of drug-likeness (QED) is 0.862. The van der Waals surface area contributed by atoms with Crippen molar-refractivity contribution in [2.45, 2.75) is 50.0 Å². The van der Waals surface area contributed by atoms with Gasteiger partial charge in [-0.3, -0.25) is 0 Å². The first-order valence-electron chi connectivity index (χ1n) is 8.74. The van der Waals surface area contributed by atoms with E-state index in [0.29, 0.717) is 10.8 Å². The SMILES string of the molecule is CC(NS(=O)(=O)c1ccc(-c2ccccc2)cc1)C1CCCCC1. The Labute approximate surface area is 145 Å². The fraction of sp³-hybridized carbons (Fsp3) is 0.400. The molecule has 0 saturated heterocycles. The third kappa shape index (κ3) is 4.05. The van der Waals surface area contributed by atoms with Crippen molar-refractivity contribution in [3.05, 3.63) is 54.6 Å². The third-order valence-electron chi connectivity index (χ3n) is 4.97. The summed E-state index contributed by atoms with van der Waals surface area (Å²) in [5, 5.41) is 0. The molecular formula is C20H25NO2S. The number of sulfonamides is 1. The lowest BCUT2D eigenvalue weighted by molar-refractivity contribution is 0.303. The van der Waals surface area contributed by atoms with E-state index in [1.165, 1.54) is 19.3 Å².